The minimum Gasteiger partial charge on any atom is -0.325 e. The second-order valence-corrected chi connectivity index (χ2v) is 43.8. The first-order chi connectivity index (χ1) is 71.5. The fourth-order valence-electron chi connectivity index (χ4n) is 21.5. The number of likely N-dealkylation sites (N-methyl/N-ethyl adjacent to an activating group) is 1. The predicted molar refractivity (Wildman–Crippen MR) is 588 cm³/mol. The lowest BCUT2D eigenvalue weighted by atomic mass is 9.75. The van der Waals surface area contributed by atoms with Crippen LogP contribution in [0.1, 0.15) is 148 Å². The maximum atomic E-state index is 13.5. The van der Waals surface area contributed by atoms with Crippen molar-refractivity contribution in [1.82, 2.24) is 44.4 Å². The Labute approximate surface area is 892 Å². The molecule has 8 fully saturated rings. The first-order valence-electron chi connectivity index (χ1n) is 50.7. The zero-order valence-corrected chi connectivity index (χ0v) is 88.0. The molecule has 0 radical (unpaired) electrons. The van der Waals surface area contributed by atoms with Crippen LogP contribution in [0.5, 0.6) is 0 Å². The Morgan fingerprint density at radius 1 is 0.439 bits per heavy atom. The molecule has 2 aliphatic carbocycles. The summed E-state index contributed by atoms with van der Waals surface area (Å²) in [4.78, 5) is 68.0. The van der Waals surface area contributed by atoms with Gasteiger partial charge in [-0.15, -0.1) is 0 Å². The van der Waals surface area contributed by atoms with Crippen molar-refractivity contribution in [3.8, 4) is 62.7 Å². The number of halogens is 7. The van der Waals surface area contributed by atoms with E-state index < -0.39 is 27.2 Å². The number of amides is 4. The van der Waals surface area contributed by atoms with Gasteiger partial charge in [0.2, 0.25) is 33.7 Å². The van der Waals surface area contributed by atoms with Crippen LogP contribution in [0.25, 0.3) is 44.5 Å². The molecule has 2 atom stereocenters. The minimum atomic E-state index is -3.34. The summed E-state index contributed by atoms with van der Waals surface area (Å²) in [6, 6.07) is 90.0. The predicted octanol–water partition coefficient (Wildman–Crippen LogP) is 23.6. The molecule has 22 nitrogen and oxygen atoms in total. The van der Waals surface area contributed by atoms with Crippen LogP contribution < -0.4 is 31.9 Å². The van der Waals surface area contributed by atoms with Crippen LogP contribution in [-0.2, 0) is 51.4 Å². The summed E-state index contributed by atoms with van der Waals surface area (Å²) < 4.78 is 52.7. The van der Waals surface area contributed by atoms with Crippen LogP contribution in [0.2, 0.25) is 25.1 Å². The molecule has 1 aromatic heterocycles. The van der Waals surface area contributed by atoms with Gasteiger partial charge in [0.05, 0.1) is 81.4 Å². The highest BCUT2D eigenvalue weighted by atomic mass is 35.5. The third-order valence-electron chi connectivity index (χ3n) is 30.2. The Morgan fingerprint density at radius 3 is 1.32 bits per heavy atom. The first-order valence-corrected chi connectivity index (χ1v) is 54.5. The lowest BCUT2D eigenvalue weighted by molar-refractivity contribution is -0.135. The molecule has 12 aromatic rings. The number of anilines is 4. The Kier molecular flexibility index (Phi) is 36.7. The van der Waals surface area contributed by atoms with Gasteiger partial charge in [0.25, 0.3) is 0 Å². The standard InChI is InChI=1S/C32H32Cl2N4O.C28H28ClFN4O3S.C27H26ClN5O.C26H27ClFN3O.C5H10/c33-27-17-28(34)19-29(18-27)36-31(39)30-10-13-38(30)32(11-14-37(15-12-32)21-22-4-5-22)26-8-6-24(7-9-26)25-3-1-2-23(16-25)20-35;1-33(19-27(35)32-24-10-11-26(30)25(29)17-24)28(12-14-34(15-13-28)38(2,36)37)23-8-6-21(7-9-23)22-5-3-4-20(16-22)18-31;28-23-8-9-25(31-18-23)32-26(34)24-10-15-33(24)27(11-13-30-14-12-27)22-6-4-20(5-7-22)21-3-1-2-19(16-21)17-29;1-31-15-13-26(14-16-31,21-9-7-20(8-10-21)19-5-3-2-4-6-19)29-18-25(32)30-22-11-12-24(28)23(27)17-22;1-2-4-5-3-1/h1-3,6-9,16-19,22,30H,4-5,10-15,21H2,(H,36,39);3-11,16-17H,12-15,19H2,1-2H3,(H,32,35);1-9,16,18,24,30H,10-15H2,(H,31,32,34);2-12,17,29H,13-16,18H2,1H3,(H,30,32);1-5H2. The van der Waals surface area contributed by atoms with Gasteiger partial charge in [-0.25, -0.2) is 26.5 Å². The van der Waals surface area contributed by atoms with Crippen molar-refractivity contribution in [3.05, 3.63) is 349 Å². The normalized spacial score (nSPS) is 18.4. The van der Waals surface area contributed by atoms with E-state index in [1.165, 1.54) is 132 Å². The zero-order chi connectivity index (χ0) is 104. The highest BCUT2D eigenvalue weighted by Crippen LogP contribution is 2.49. The number of aromatic nitrogens is 1. The van der Waals surface area contributed by atoms with E-state index >= 15 is 0 Å². The monoisotopic (exact) mass is 2100 g/mol. The molecule has 148 heavy (non-hydrogen) atoms. The van der Waals surface area contributed by atoms with Crippen molar-refractivity contribution in [1.29, 1.82) is 15.8 Å². The van der Waals surface area contributed by atoms with E-state index in [0.29, 0.717) is 80.6 Å². The van der Waals surface area contributed by atoms with Gasteiger partial charge in [0.15, 0.2) is 0 Å². The second-order valence-electron chi connectivity index (χ2n) is 39.7. The van der Waals surface area contributed by atoms with Crippen molar-refractivity contribution in [3.63, 3.8) is 0 Å². The van der Waals surface area contributed by atoms with E-state index in [-0.39, 0.29) is 75.5 Å². The molecule has 2 unspecified atom stereocenters. The van der Waals surface area contributed by atoms with Crippen LogP contribution in [-0.4, -0.2) is 183 Å². The number of nitrogens with zero attached hydrogens (tertiary/aromatic N) is 10. The van der Waals surface area contributed by atoms with Crippen LogP contribution in [0.4, 0.5) is 31.7 Å². The summed E-state index contributed by atoms with van der Waals surface area (Å²) in [7, 11) is 0.625. The summed E-state index contributed by atoms with van der Waals surface area (Å²) in [6.45, 7) is 9.60. The van der Waals surface area contributed by atoms with E-state index in [9.17, 15) is 52.2 Å². The Balaban J connectivity index is 0.000000139. The van der Waals surface area contributed by atoms with Crippen molar-refractivity contribution in [2.75, 3.05) is 127 Å². The van der Waals surface area contributed by atoms with Crippen LogP contribution >= 0.6 is 58.0 Å². The third-order valence-corrected chi connectivity index (χ3v) is 32.7. The van der Waals surface area contributed by atoms with Crippen LogP contribution in [0.15, 0.2) is 273 Å². The molecule has 766 valence electrons. The number of carbonyl (C=O) groups excluding carboxylic acids is 4. The quantitative estimate of drug-likeness (QED) is 0.0310. The van der Waals surface area contributed by atoms with Gasteiger partial charge in [-0.1, -0.05) is 254 Å². The summed E-state index contributed by atoms with van der Waals surface area (Å²) >= 11 is 29.9. The van der Waals surface area contributed by atoms with Gasteiger partial charge in [-0.3, -0.25) is 39.2 Å². The minimum absolute atomic E-state index is 0.00990. The molecule has 8 aliphatic rings. The fourth-order valence-corrected chi connectivity index (χ4v) is 23.3. The molecule has 7 heterocycles. The molecular weight excluding hydrogens is 1980 g/mol. The van der Waals surface area contributed by atoms with E-state index in [1.54, 1.807) is 36.4 Å². The van der Waals surface area contributed by atoms with Crippen molar-refractivity contribution < 1.29 is 36.4 Å². The van der Waals surface area contributed by atoms with Gasteiger partial charge in [0.1, 0.15) is 17.5 Å². The zero-order valence-electron chi connectivity index (χ0n) is 83.4. The summed E-state index contributed by atoms with van der Waals surface area (Å²) in [6.07, 6.45) is 21.3. The maximum Gasteiger partial charge on any atom is 0.242 e. The van der Waals surface area contributed by atoms with Crippen LogP contribution in [0.3, 0.4) is 0 Å². The first kappa shape index (κ1) is 109. The largest absolute Gasteiger partial charge is 0.325 e. The number of hydrogen-bond acceptors (Lipinski definition) is 17. The Morgan fingerprint density at radius 2 is 0.878 bits per heavy atom. The van der Waals surface area contributed by atoms with Gasteiger partial charge in [0, 0.05) is 101 Å². The number of rotatable bonds is 25. The van der Waals surface area contributed by atoms with E-state index in [1.807, 2.05) is 121 Å². The van der Waals surface area contributed by atoms with Gasteiger partial charge in [-0.2, -0.15) is 15.8 Å². The number of nitriles is 3. The lowest BCUT2D eigenvalue weighted by Gasteiger charge is -2.56. The average molecular weight is 2110 g/mol. The molecule has 11 aromatic carbocycles. The number of sulfonamides is 1. The molecule has 6 aliphatic heterocycles. The van der Waals surface area contributed by atoms with Gasteiger partial charge < -0.3 is 36.4 Å². The number of piperidine rings is 4. The summed E-state index contributed by atoms with van der Waals surface area (Å²) in [5.41, 5.74) is 15.2. The van der Waals surface area contributed by atoms with Crippen molar-refractivity contribution >= 4 is 115 Å². The SMILES string of the molecule is C1CCCC1.CN(CC(=O)Nc1ccc(F)c(Cl)c1)C1(c2ccc(-c3cccc(C#N)c3)cc2)CCN(S(C)(=O)=O)CC1.CN1CCC(NCC(=O)Nc2ccc(F)c(Cl)c2)(c2ccc(-c3ccccc3)cc2)CC1.N#Cc1cccc(-c2ccc(C3(N4CCC4C(=O)Nc4cc(Cl)cc(Cl)c4)CCN(CC4CC4)CC3)cc2)c1.N#Cc1cccc(-c2ccc(C3(N4CCC4C(=O)Nc4ccc(Cl)cn4)CCNCC3)cc2)c1. The molecule has 0 bridgehead atoms. The topological polar surface area (TPSA) is 278 Å². The molecule has 4 amide bonds. The van der Waals surface area contributed by atoms with Gasteiger partial charge in [-0.05, 0) is 293 Å². The molecule has 2 saturated carbocycles. The average Bonchev–Trinajstić information content (AvgIpc) is 0.888. The molecule has 30 heteroatoms. The molecule has 6 N–H and O–H groups in total. The number of pyridine rings is 1. The van der Waals surface area contributed by atoms with E-state index in [0.717, 1.165) is 149 Å². The van der Waals surface area contributed by atoms with Crippen molar-refractivity contribution in [2.45, 2.75) is 143 Å². The Bertz CT molecular complexity index is 6860. The highest BCUT2D eigenvalue weighted by Gasteiger charge is 2.52. The Hall–Kier alpha value is -12.1. The molecule has 6 saturated heterocycles. The summed E-state index contributed by atoms with van der Waals surface area (Å²) in [5, 5.41) is 47.8. The number of nitrogens with one attached hydrogen (secondary N) is 6. The summed E-state index contributed by atoms with van der Waals surface area (Å²) in [5.74, 6) is -0.212. The van der Waals surface area contributed by atoms with Crippen molar-refractivity contribution in [2.24, 2.45) is 5.92 Å². The van der Waals surface area contributed by atoms with E-state index in [4.69, 9.17) is 58.0 Å². The highest BCUT2D eigenvalue weighted by molar-refractivity contribution is 7.88. The smallest absolute Gasteiger partial charge is 0.242 e. The van der Waals surface area contributed by atoms with Crippen LogP contribution in [0, 0.1) is 51.5 Å². The number of likely N-dealkylation sites (tertiary alicyclic amines) is 4. The fraction of sp³-hybridized carbons (Fsp3) is 0.339. The molecule has 20 rings (SSSR count). The number of carbonyl (C=O) groups is 4. The third kappa shape index (κ3) is 27.4. The number of benzene rings is 11. The van der Waals surface area contributed by atoms with E-state index in [2.05, 4.69) is 167 Å². The number of hydrogen-bond donors (Lipinski definition) is 6. The molecular formula is C118H123Cl5F2N16O6S. The maximum absolute atomic E-state index is 13.5. The lowest BCUT2D eigenvalue weighted by Crippen LogP contribution is -2.65. The molecule has 0 spiro atoms. The van der Waals surface area contributed by atoms with Gasteiger partial charge >= 0.3 is 0 Å². The second kappa shape index (κ2) is 50.0.